The van der Waals surface area contributed by atoms with Gasteiger partial charge in [-0.05, 0) is 24.8 Å². The standard InChI is InChI=1S/C10H9F3N4O2/c11-10(12,13)6-3-5(8-16-9(18)19-17-8)14-7(15-6)4-1-2-4/h3-4,7,15H,1-2H2,(H,16,17,18). The van der Waals surface area contributed by atoms with Crippen molar-refractivity contribution in [1.82, 2.24) is 15.5 Å². The van der Waals surface area contributed by atoms with E-state index in [1.54, 1.807) is 0 Å². The number of nitrogens with zero attached hydrogens (tertiary/aromatic N) is 2. The second-order valence-electron chi connectivity index (χ2n) is 4.44. The summed E-state index contributed by atoms with van der Waals surface area (Å²) >= 11 is 0. The van der Waals surface area contributed by atoms with Crippen molar-refractivity contribution in [2.45, 2.75) is 25.2 Å². The number of aromatic amines is 1. The summed E-state index contributed by atoms with van der Waals surface area (Å²) in [6.45, 7) is 0. The van der Waals surface area contributed by atoms with Crippen molar-refractivity contribution in [1.29, 1.82) is 0 Å². The average Bonchev–Trinajstić information content (AvgIpc) is 3.10. The zero-order valence-corrected chi connectivity index (χ0v) is 9.49. The van der Waals surface area contributed by atoms with Crippen LogP contribution in [-0.2, 0) is 0 Å². The second-order valence-corrected chi connectivity index (χ2v) is 4.44. The van der Waals surface area contributed by atoms with Gasteiger partial charge in [-0.15, -0.1) is 0 Å². The number of H-pyrrole nitrogens is 1. The Balaban J connectivity index is 1.99. The molecule has 1 atom stereocenters. The Morgan fingerprint density at radius 1 is 1.37 bits per heavy atom. The molecule has 1 saturated carbocycles. The maximum Gasteiger partial charge on any atom is 0.439 e. The third kappa shape index (κ3) is 2.40. The maximum absolute atomic E-state index is 12.8. The SMILES string of the molecule is O=c1[nH]c(C2=NC(C3CC3)NC(C(F)(F)F)=C2)no1. The van der Waals surface area contributed by atoms with Crippen molar-refractivity contribution >= 4 is 5.71 Å². The summed E-state index contributed by atoms with van der Waals surface area (Å²) in [7, 11) is 0. The van der Waals surface area contributed by atoms with Crippen LogP contribution in [0.15, 0.2) is 26.1 Å². The van der Waals surface area contributed by atoms with Crippen LogP contribution in [0, 0.1) is 5.92 Å². The molecule has 2 aliphatic rings. The normalized spacial score (nSPS) is 23.6. The molecule has 0 radical (unpaired) electrons. The van der Waals surface area contributed by atoms with Gasteiger partial charge in [0.05, 0.1) is 0 Å². The summed E-state index contributed by atoms with van der Waals surface area (Å²) in [5.74, 6) is -0.847. The van der Waals surface area contributed by atoms with Gasteiger partial charge in [0.25, 0.3) is 0 Å². The summed E-state index contributed by atoms with van der Waals surface area (Å²) in [6.07, 6.45) is -2.67. The Kier molecular flexibility index (Phi) is 2.51. The highest BCUT2D eigenvalue weighted by Crippen LogP contribution is 2.36. The molecule has 1 aromatic rings. The minimum atomic E-state index is -4.50. The molecular weight excluding hydrogens is 265 g/mol. The molecule has 0 saturated heterocycles. The van der Waals surface area contributed by atoms with Crippen LogP contribution in [0.3, 0.4) is 0 Å². The van der Waals surface area contributed by atoms with Gasteiger partial charge in [0.2, 0.25) is 5.82 Å². The molecule has 1 unspecified atom stereocenters. The molecule has 1 aliphatic heterocycles. The molecule has 19 heavy (non-hydrogen) atoms. The van der Waals surface area contributed by atoms with Gasteiger partial charge >= 0.3 is 11.9 Å². The lowest BCUT2D eigenvalue weighted by atomic mass is 10.2. The topological polar surface area (TPSA) is 83.3 Å². The van der Waals surface area contributed by atoms with Crippen LogP contribution in [0.4, 0.5) is 13.2 Å². The van der Waals surface area contributed by atoms with Gasteiger partial charge in [0.1, 0.15) is 17.6 Å². The number of nitrogens with one attached hydrogen (secondary N) is 2. The lowest BCUT2D eigenvalue weighted by Crippen LogP contribution is -2.39. The summed E-state index contributed by atoms with van der Waals surface area (Å²) in [5.41, 5.74) is -0.924. The minimum Gasteiger partial charge on any atom is -0.359 e. The zero-order chi connectivity index (χ0) is 13.6. The fourth-order valence-corrected chi connectivity index (χ4v) is 1.83. The first kappa shape index (κ1) is 12.0. The highest BCUT2D eigenvalue weighted by atomic mass is 19.4. The van der Waals surface area contributed by atoms with Crippen LogP contribution in [0.5, 0.6) is 0 Å². The first-order valence-electron chi connectivity index (χ1n) is 5.63. The first-order valence-corrected chi connectivity index (χ1v) is 5.63. The van der Waals surface area contributed by atoms with Gasteiger partial charge in [-0.2, -0.15) is 13.2 Å². The summed E-state index contributed by atoms with van der Waals surface area (Å²) in [4.78, 5) is 17.2. The average molecular weight is 274 g/mol. The molecule has 1 aromatic heterocycles. The van der Waals surface area contributed by atoms with Crippen molar-refractivity contribution in [2.75, 3.05) is 0 Å². The third-order valence-electron chi connectivity index (χ3n) is 2.92. The predicted molar refractivity (Wildman–Crippen MR) is 57.4 cm³/mol. The van der Waals surface area contributed by atoms with E-state index in [9.17, 15) is 18.0 Å². The lowest BCUT2D eigenvalue weighted by molar-refractivity contribution is -0.0980. The van der Waals surface area contributed by atoms with E-state index in [4.69, 9.17) is 0 Å². The Bertz CT molecular complexity index is 609. The van der Waals surface area contributed by atoms with Crippen molar-refractivity contribution in [3.05, 3.63) is 28.1 Å². The molecule has 0 spiro atoms. The highest BCUT2D eigenvalue weighted by molar-refractivity contribution is 6.06. The van der Waals surface area contributed by atoms with E-state index in [1.807, 2.05) is 0 Å². The van der Waals surface area contributed by atoms with E-state index < -0.39 is 23.8 Å². The molecule has 0 amide bonds. The Morgan fingerprint density at radius 3 is 2.63 bits per heavy atom. The van der Waals surface area contributed by atoms with Crippen LogP contribution in [-0.4, -0.2) is 28.2 Å². The summed E-state index contributed by atoms with van der Waals surface area (Å²) in [6, 6.07) is 0. The predicted octanol–water partition coefficient (Wildman–Crippen LogP) is 0.937. The van der Waals surface area contributed by atoms with Crippen molar-refractivity contribution in [3.8, 4) is 0 Å². The Morgan fingerprint density at radius 2 is 2.11 bits per heavy atom. The molecule has 0 aromatic carbocycles. The van der Waals surface area contributed by atoms with E-state index in [-0.39, 0.29) is 17.5 Å². The van der Waals surface area contributed by atoms with Gasteiger partial charge in [-0.1, -0.05) is 5.16 Å². The van der Waals surface area contributed by atoms with Gasteiger partial charge in [-0.25, -0.2) is 4.79 Å². The van der Waals surface area contributed by atoms with Gasteiger partial charge in [0.15, 0.2) is 0 Å². The molecule has 6 nitrogen and oxygen atoms in total. The number of aromatic nitrogens is 2. The van der Waals surface area contributed by atoms with Crippen molar-refractivity contribution < 1.29 is 17.7 Å². The number of allylic oxidation sites excluding steroid dienone is 2. The van der Waals surface area contributed by atoms with Crippen molar-refractivity contribution in [3.63, 3.8) is 0 Å². The molecule has 2 heterocycles. The lowest BCUT2D eigenvalue weighted by Gasteiger charge is -2.24. The number of hydrogen-bond donors (Lipinski definition) is 2. The molecule has 0 bridgehead atoms. The van der Waals surface area contributed by atoms with Crippen LogP contribution in [0.2, 0.25) is 0 Å². The number of aliphatic imine (C=N–C) groups is 1. The van der Waals surface area contributed by atoms with Crippen LogP contribution in [0.25, 0.3) is 0 Å². The largest absolute Gasteiger partial charge is 0.439 e. The molecule has 1 aliphatic carbocycles. The molecule has 9 heteroatoms. The number of rotatable bonds is 2. The minimum absolute atomic E-state index is 0.0335. The van der Waals surface area contributed by atoms with E-state index in [0.717, 1.165) is 18.9 Å². The fourth-order valence-electron chi connectivity index (χ4n) is 1.83. The van der Waals surface area contributed by atoms with E-state index >= 15 is 0 Å². The van der Waals surface area contributed by atoms with E-state index in [0.29, 0.717) is 0 Å². The summed E-state index contributed by atoms with van der Waals surface area (Å²) < 4.78 is 42.7. The van der Waals surface area contributed by atoms with Gasteiger partial charge in [0, 0.05) is 0 Å². The Labute approximate surface area is 104 Å². The molecule has 3 rings (SSSR count). The molecular formula is C10H9F3N4O2. The van der Waals surface area contributed by atoms with E-state index in [2.05, 4.69) is 25.0 Å². The Hall–Kier alpha value is -2.06. The fraction of sp³-hybridized carbons (Fsp3) is 0.500. The van der Waals surface area contributed by atoms with Crippen LogP contribution < -0.4 is 11.1 Å². The first-order chi connectivity index (χ1) is 8.93. The monoisotopic (exact) mass is 274 g/mol. The van der Waals surface area contributed by atoms with Gasteiger partial charge < -0.3 is 5.32 Å². The second kappa shape index (κ2) is 3.97. The smallest absolute Gasteiger partial charge is 0.359 e. The molecule has 1 fully saturated rings. The molecule has 102 valence electrons. The van der Waals surface area contributed by atoms with E-state index in [1.165, 1.54) is 0 Å². The van der Waals surface area contributed by atoms with Gasteiger partial charge in [-0.3, -0.25) is 14.5 Å². The number of halogens is 3. The quantitative estimate of drug-likeness (QED) is 0.840. The number of hydrogen-bond acceptors (Lipinski definition) is 5. The third-order valence-corrected chi connectivity index (χ3v) is 2.92. The molecule has 2 N–H and O–H groups in total. The zero-order valence-electron chi connectivity index (χ0n) is 9.49. The van der Waals surface area contributed by atoms with Crippen LogP contribution in [0.1, 0.15) is 18.7 Å². The number of alkyl halides is 3. The van der Waals surface area contributed by atoms with Crippen molar-refractivity contribution in [2.24, 2.45) is 10.9 Å². The highest BCUT2D eigenvalue weighted by Gasteiger charge is 2.41. The van der Waals surface area contributed by atoms with Crippen LogP contribution >= 0.6 is 0 Å². The maximum atomic E-state index is 12.8. The summed E-state index contributed by atoms with van der Waals surface area (Å²) in [5, 5.41) is 5.72.